The SMILES string of the molecule is C=CCOc1ccc(/C=N/NC(=O)COc2cccc3cccnc23)cc1I. The number of carbonyl (C=O) groups is 1. The van der Waals surface area contributed by atoms with Crippen molar-refractivity contribution >= 4 is 45.6 Å². The van der Waals surface area contributed by atoms with Crippen LogP contribution in [-0.2, 0) is 4.79 Å². The lowest BCUT2D eigenvalue weighted by Gasteiger charge is -2.07. The molecule has 0 fully saturated rings. The molecule has 0 unspecified atom stereocenters. The molecule has 0 aliphatic rings. The number of benzene rings is 2. The van der Waals surface area contributed by atoms with E-state index < -0.39 is 0 Å². The van der Waals surface area contributed by atoms with Gasteiger partial charge in [-0.25, -0.2) is 5.43 Å². The molecule has 0 radical (unpaired) electrons. The van der Waals surface area contributed by atoms with E-state index in [0.717, 1.165) is 25.8 Å². The van der Waals surface area contributed by atoms with Crippen molar-refractivity contribution in [3.8, 4) is 11.5 Å². The zero-order chi connectivity index (χ0) is 19.8. The van der Waals surface area contributed by atoms with Crippen molar-refractivity contribution in [2.75, 3.05) is 13.2 Å². The number of fused-ring (bicyclic) bond motifs is 1. The topological polar surface area (TPSA) is 72.8 Å². The first-order valence-corrected chi connectivity index (χ1v) is 9.57. The highest BCUT2D eigenvalue weighted by Gasteiger charge is 2.06. The van der Waals surface area contributed by atoms with E-state index in [2.05, 4.69) is 44.7 Å². The molecule has 142 valence electrons. The number of halogens is 1. The van der Waals surface area contributed by atoms with Gasteiger partial charge in [0.2, 0.25) is 0 Å². The minimum atomic E-state index is -0.357. The Morgan fingerprint density at radius 2 is 2.04 bits per heavy atom. The molecule has 0 saturated heterocycles. The maximum atomic E-state index is 12.0. The van der Waals surface area contributed by atoms with Gasteiger partial charge in [0.25, 0.3) is 5.91 Å². The summed E-state index contributed by atoms with van der Waals surface area (Å²) in [5, 5.41) is 4.92. The first-order chi connectivity index (χ1) is 13.7. The second-order valence-corrected chi connectivity index (χ2v) is 6.86. The number of amides is 1. The van der Waals surface area contributed by atoms with E-state index in [1.165, 1.54) is 0 Å². The summed E-state index contributed by atoms with van der Waals surface area (Å²) >= 11 is 2.18. The van der Waals surface area contributed by atoms with Crippen molar-refractivity contribution in [2.45, 2.75) is 0 Å². The molecule has 0 spiro atoms. The number of nitrogens with zero attached hydrogens (tertiary/aromatic N) is 2. The normalized spacial score (nSPS) is 10.8. The molecule has 1 amide bonds. The Hall–Kier alpha value is -2.94. The van der Waals surface area contributed by atoms with Gasteiger partial charge in [-0.3, -0.25) is 9.78 Å². The average molecular weight is 487 g/mol. The van der Waals surface area contributed by atoms with Gasteiger partial charge in [-0.1, -0.05) is 30.9 Å². The summed E-state index contributed by atoms with van der Waals surface area (Å²) in [5.41, 5.74) is 4.02. The molecular weight excluding hydrogens is 469 g/mol. The average Bonchev–Trinajstić information content (AvgIpc) is 2.71. The first-order valence-electron chi connectivity index (χ1n) is 8.49. The number of pyridine rings is 1. The van der Waals surface area contributed by atoms with Crippen LogP contribution in [0.4, 0.5) is 0 Å². The highest BCUT2D eigenvalue weighted by molar-refractivity contribution is 14.1. The third-order valence-electron chi connectivity index (χ3n) is 3.67. The number of para-hydroxylation sites is 1. The summed E-state index contributed by atoms with van der Waals surface area (Å²) in [4.78, 5) is 16.3. The van der Waals surface area contributed by atoms with Crippen LogP contribution < -0.4 is 14.9 Å². The highest BCUT2D eigenvalue weighted by atomic mass is 127. The Morgan fingerprint density at radius 1 is 1.18 bits per heavy atom. The number of rotatable bonds is 8. The summed E-state index contributed by atoms with van der Waals surface area (Å²) in [6.07, 6.45) is 4.95. The molecule has 1 aromatic heterocycles. The van der Waals surface area contributed by atoms with E-state index in [9.17, 15) is 4.79 Å². The fraction of sp³-hybridized carbons (Fsp3) is 0.0952. The van der Waals surface area contributed by atoms with E-state index in [1.807, 2.05) is 42.5 Å². The Bertz CT molecular complexity index is 1020. The van der Waals surface area contributed by atoms with E-state index in [1.54, 1.807) is 24.6 Å². The standard InChI is InChI=1S/C21H18IN3O3/c1-2-11-27-18-9-8-15(12-17(18)22)13-24-25-20(26)14-28-19-7-3-5-16-6-4-10-23-21(16)19/h2-10,12-13H,1,11,14H2,(H,25,26)/b24-13+. The van der Waals surface area contributed by atoms with Crippen LogP contribution in [0.15, 0.2) is 72.5 Å². The molecule has 0 atom stereocenters. The maximum Gasteiger partial charge on any atom is 0.277 e. The van der Waals surface area contributed by atoms with Crippen molar-refractivity contribution in [2.24, 2.45) is 5.10 Å². The highest BCUT2D eigenvalue weighted by Crippen LogP contribution is 2.23. The third kappa shape index (κ3) is 5.29. The zero-order valence-corrected chi connectivity index (χ0v) is 17.1. The zero-order valence-electron chi connectivity index (χ0n) is 15.0. The van der Waals surface area contributed by atoms with Gasteiger partial charge < -0.3 is 9.47 Å². The summed E-state index contributed by atoms with van der Waals surface area (Å²) in [7, 11) is 0. The lowest BCUT2D eigenvalue weighted by molar-refractivity contribution is -0.123. The number of hydrogen-bond acceptors (Lipinski definition) is 5. The molecule has 0 saturated carbocycles. The predicted octanol–water partition coefficient (Wildman–Crippen LogP) is 3.93. The Balaban J connectivity index is 1.54. The van der Waals surface area contributed by atoms with Gasteiger partial charge in [-0.15, -0.1) is 0 Å². The quantitative estimate of drug-likeness (QED) is 0.226. The molecule has 6 nitrogen and oxygen atoms in total. The van der Waals surface area contributed by atoms with Crippen molar-refractivity contribution in [3.63, 3.8) is 0 Å². The second-order valence-electron chi connectivity index (χ2n) is 5.70. The van der Waals surface area contributed by atoms with Gasteiger partial charge in [0.05, 0.1) is 9.78 Å². The Labute approximate surface area is 176 Å². The summed E-state index contributed by atoms with van der Waals surface area (Å²) in [6, 6.07) is 15.0. The van der Waals surface area contributed by atoms with Gasteiger partial charge >= 0.3 is 0 Å². The van der Waals surface area contributed by atoms with Crippen LogP contribution in [0.5, 0.6) is 11.5 Å². The molecule has 7 heteroatoms. The van der Waals surface area contributed by atoms with Crippen molar-refractivity contribution in [1.29, 1.82) is 0 Å². The number of ether oxygens (including phenoxy) is 2. The van der Waals surface area contributed by atoms with E-state index in [-0.39, 0.29) is 12.5 Å². The molecule has 2 aromatic carbocycles. The molecule has 1 N–H and O–H groups in total. The molecule has 0 aliphatic carbocycles. The van der Waals surface area contributed by atoms with Gasteiger partial charge in [-0.05, 0) is 58.5 Å². The van der Waals surface area contributed by atoms with Gasteiger partial charge in [0.1, 0.15) is 23.6 Å². The van der Waals surface area contributed by atoms with Crippen molar-refractivity contribution in [1.82, 2.24) is 10.4 Å². The Kier molecular flexibility index (Phi) is 6.96. The lowest BCUT2D eigenvalue weighted by Crippen LogP contribution is -2.24. The Morgan fingerprint density at radius 3 is 2.86 bits per heavy atom. The predicted molar refractivity (Wildman–Crippen MR) is 118 cm³/mol. The number of nitrogens with one attached hydrogen (secondary N) is 1. The number of hydrogen-bond donors (Lipinski definition) is 1. The fourth-order valence-corrected chi connectivity index (χ4v) is 3.11. The fourth-order valence-electron chi connectivity index (χ4n) is 2.41. The minimum absolute atomic E-state index is 0.154. The van der Waals surface area contributed by atoms with Crippen LogP contribution in [0, 0.1) is 3.57 Å². The number of carbonyl (C=O) groups excluding carboxylic acids is 1. The van der Waals surface area contributed by atoms with E-state index >= 15 is 0 Å². The van der Waals surface area contributed by atoms with Gasteiger partial charge in [0, 0.05) is 11.6 Å². The third-order valence-corrected chi connectivity index (χ3v) is 4.51. The second kappa shape index (κ2) is 9.84. The molecule has 1 heterocycles. The molecule has 3 aromatic rings. The van der Waals surface area contributed by atoms with Crippen molar-refractivity contribution in [3.05, 3.63) is 76.5 Å². The summed E-state index contributed by atoms with van der Waals surface area (Å²) in [5.74, 6) is 0.977. The van der Waals surface area contributed by atoms with Crippen LogP contribution in [0.1, 0.15) is 5.56 Å². The lowest BCUT2D eigenvalue weighted by atomic mass is 10.2. The number of hydrazone groups is 1. The maximum absolute atomic E-state index is 12.0. The van der Waals surface area contributed by atoms with Crippen LogP contribution in [-0.4, -0.2) is 30.3 Å². The van der Waals surface area contributed by atoms with Crippen LogP contribution in [0.2, 0.25) is 0 Å². The first kappa shape index (κ1) is 19.8. The largest absolute Gasteiger partial charge is 0.488 e. The summed E-state index contributed by atoms with van der Waals surface area (Å²) in [6.45, 7) is 3.92. The van der Waals surface area contributed by atoms with Gasteiger partial charge in [0.15, 0.2) is 6.61 Å². The van der Waals surface area contributed by atoms with Crippen LogP contribution >= 0.6 is 22.6 Å². The monoisotopic (exact) mass is 487 g/mol. The van der Waals surface area contributed by atoms with E-state index in [4.69, 9.17) is 9.47 Å². The smallest absolute Gasteiger partial charge is 0.277 e. The molecular formula is C21H18IN3O3. The van der Waals surface area contributed by atoms with Crippen LogP contribution in [0.3, 0.4) is 0 Å². The van der Waals surface area contributed by atoms with Gasteiger partial charge in [-0.2, -0.15) is 5.10 Å². The molecule has 0 aliphatic heterocycles. The van der Waals surface area contributed by atoms with Crippen molar-refractivity contribution < 1.29 is 14.3 Å². The molecule has 3 rings (SSSR count). The molecule has 28 heavy (non-hydrogen) atoms. The number of aromatic nitrogens is 1. The minimum Gasteiger partial charge on any atom is -0.488 e. The summed E-state index contributed by atoms with van der Waals surface area (Å²) < 4.78 is 12.1. The van der Waals surface area contributed by atoms with Crippen LogP contribution in [0.25, 0.3) is 10.9 Å². The molecule has 0 bridgehead atoms. The van der Waals surface area contributed by atoms with E-state index in [0.29, 0.717) is 12.4 Å².